The second kappa shape index (κ2) is 3.45. The minimum absolute atomic E-state index is 0.127. The summed E-state index contributed by atoms with van der Waals surface area (Å²) < 4.78 is 21.9. The molecule has 0 heterocycles. The second-order valence-corrected chi connectivity index (χ2v) is 4.40. The molecule has 0 saturated heterocycles. The maximum Gasteiger partial charge on any atom is 0.238 e. The average molecular weight is 200 g/mol. The molecule has 13 heavy (non-hydrogen) atoms. The van der Waals surface area contributed by atoms with Crippen LogP contribution in [0.25, 0.3) is 0 Å². The van der Waals surface area contributed by atoms with Gasteiger partial charge in [-0.25, -0.2) is 13.6 Å². The van der Waals surface area contributed by atoms with Gasteiger partial charge in [-0.3, -0.25) is 0 Å². The minimum atomic E-state index is -3.59. The first-order valence-electron chi connectivity index (χ1n) is 3.77. The lowest BCUT2D eigenvalue weighted by atomic mass is 10.1. The van der Waals surface area contributed by atoms with Crippen molar-refractivity contribution in [2.24, 2.45) is 10.9 Å². The molecule has 0 saturated carbocycles. The van der Waals surface area contributed by atoms with E-state index in [-0.39, 0.29) is 4.90 Å². The van der Waals surface area contributed by atoms with E-state index in [0.717, 1.165) is 11.1 Å². The molecule has 0 atom stereocenters. The smallest absolute Gasteiger partial charge is 0.238 e. The summed E-state index contributed by atoms with van der Waals surface area (Å²) in [4.78, 5) is 0.127. The summed E-state index contributed by atoms with van der Waals surface area (Å²) in [5.74, 6) is 0. The van der Waals surface area contributed by atoms with Gasteiger partial charge in [-0.2, -0.15) is 0 Å². The molecule has 1 aromatic rings. The molecule has 0 fully saturated rings. The molecule has 72 valence electrons. The van der Waals surface area contributed by atoms with Gasteiger partial charge >= 0.3 is 0 Å². The fourth-order valence-electron chi connectivity index (χ4n) is 1.07. The van der Waals surface area contributed by atoms with Crippen LogP contribution in [0.1, 0.15) is 11.1 Å². The summed E-state index contributed by atoms with van der Waals surface area (Å²) in [7, 11) is -3.59. The van der Waals surface area contributed by atoms with Crippen LogP contribution in [-0.4, -0.2) is 8.42 Å². The summed E-state index contributed by atoms with van der Waals surface area (Å²) in [6.07, 6.45) is 0. The minimum Gasteiger partial charge on any atom is -0.326 e. The van der Waals surface area contributed by atoms with E-state index in [0.29, 0.717) is 6.54 Å². The fraction of sp³-hybridized carbons (Fsp3) is 0.250. The number of sulfonamides is 1. The third-order valence-corrected chi connectivity index (χ3v) is 2.77. The van der Waals surface area contributed by atoms with E-state index in [4.69, 9.17) is 10.9 Å². The first-order chi connectivity index (χ1) is 5.95. The van der Waals surface area contributed by atoms with Crippen molar-refractivity contribution in [1.29, 1.82) is 0 Å². The highest BCUT2D eigenvalue weighted by Crippen LogP contribution is 2.13. The van der Waals surface area contributed by atoms with Gasteiger partial charge < -0.3 is 5.73 Å². The van der Waals surface area contributed by atoms with Crippen molar-refractivity contribution in [2.45, 2.75) is 18.4 Å². The fourth-order valence-corrected chi connectivity index (χ4v) is 1.67. The van der Waals surface area contributed by atoms with Crippen LogP contribution >= 0.6 is 0 Å². The van der Waals surface area contributed by atoms with Gasteiger partial charge in [0.25, 0.3) is 0 Å². The molecule has 0 bridgehead atoms. The second-order valence-electron chi connectivity index (χ2n) is 2.84. The van der Waals surface area contributed by atoms with Crippen molar-refractivity contribution in [3.63, 3.8) is 0 Å². The lowest BCUT2D eigenvalue weighted by molar-refractivity contribution is 0.597. The predicted octanol–water partition coefficient (Wildman–Crippen LogP) is 0.101. The molecule has 1 aromatic carbocycles. The van der Waals surface area contributed by atoms with Crippen LogP contribution in [0.3, 0.4) is 0 Å². The van der Waals surface area contributed by atoms with Crippen LogP contribution in [-0.2, 0) is 16.6 Å². The number of nitrogens with two attached hydrogens (primary N) is 2. The monoisotopic (exact) mass is 200 g/mol. The number of aryl methyl sites for hydroxylation is 1. The Morgan fingerprint density at radius 1 is 1.38 bits per heavy atom. The van der Waals surface area contributed by atoms with Gasteiger partial charge in [-0.05, 0) is 30.2 Å². The van der Waals surface area contributed by atoms with Crippen molar-refractivity contribution >= 4 is 10.0 Å². The van der Waals surface area contributed by atoms with Gasteiger partial charge in [0.1, 0.15) is 0 Å². The highest BCUT2D eigenvalue weighted by Gasteiger charge is 2.08. The normalized spacial score (nSPS) is 11.6. The molecule has 0 amide bonds. The summed E-state index contributed by atoms with van der Waals surface area (Å²) >= 11 is 0. The van der Waals surface area contributed by atoms with Crippen molar-refractivity contribution in [2.75, 3.05) is 0 Å². The summed E-state index contributed by atoms with van der Waals surface area (Å²) in [6.45, 7) is 2.20. The van der Waals surface area contributed by atoms with E-state index in [1.807, 2.05) is 0 Å². The van der Waals surface area contributed by atoms with E-state index in [2.05, 4.69) is 0 Å². The van der Waals surface area contributed by atoms with E-state index in [9.17, 15) is 8.42 Å². The van der Waals surface area contributed by atoms with E-state index < -0.39 is 10.0 Å². The number of rotatable bonds is 2. The Labute approximate surface area is 77.6 Å². The number of benzene rings is 1. The molecule has 0 spiro atoms. The molecular formula is C8H12N2O2S. The quantitative estimate of drug-likeness (QED) is 0.710. The van der Waals surface area contributed by atoms with Gasteiger partial charge in [-0.1, -0.05) is 6.07 Å². The molecule has 4 N–H and O–H groups in total. The van der Waals surface area contributed by atoms with Gasteiger partial charge in [0.15, 0.2) is 0 Å². The maximum absolute atomic E-state index is 10.9. The van der Waals surface area contributed by atoms with E-state index in [1.165, 1.54) is 12.1 Å². The van der Waals surface area contributed by atoms with Gasteiger partial charge in [0.2, 0.25) is 10.0 Å². The zero-order valence-electron chi connectivity index (χ0n) is 7.32. The topological polar surface area (TPSA) is 86.2 Å². The van der Waals surface area contributed by atoms with Gasteiger partial charge in [0, 0.05) is 6.54 Å². The van der Waals surface area contributed by atoms with Gasteiger partial charge in [0.05, 0.1) is 4.90 Å². The first kappa shape index (κ1) is 10.2. The molecule has 4 nitrogen and oxygen atoms in total. The van der Waals surface area contributed by atoms with Crippen molar-refractivity contribution < 1.29 is 8.42 Å². The number of primary sulfonamides is 1. The van der Waals surface area contributed by atoms with Crippen LogP contribution in [0, 0.1) is 6.92 Å². The Kier molecular flexibility index (Phi) is 2.70. The third-order valence-electron chi connectivity index (χ3n) is 1.86. The Morgan fingerprint density at radius 2 is 2.00 bits per heavy atom. The Hall–Kier alpha value is -0.910. The summed E-state index contributed by atoms with van der Waals surface area (Å²) in [5.41, 5.74) is 7.19. The van der Waals surface area contributed by atoms with Crippen LogP contribution < -0.4 is 10.9 Å². The van der Waals surface area contributed by atoms with E-state index in [1.54, 1.807) is 13.0 Å². The zero-order valence-corrected chi connectivity index (χ0v) is 8.14. The molecule has 5 heteroatoms. The first-order valence-corrected chi connectivity index (χ1v) is 5.32. The maximum atomic E-state index is 10.9. The van der Waals surface area contributed by atoms with Crippen molar-refractivity contribution in [1.82, 2.24) is 0 Å². The van der Waals surface area contributed by atoms with Crippen molar-refractivity contribution in [3.05, 3.63) is 29.3 Å². The molecule has 0 unspecified atom stereocenters. The average Bonchev–Trinajstić information content (AvgIpc) is 2.02. The predicted molar refractivity (Wildman–Crippen MR) is 50.4 cm³/mol. The van der Waals surface area contributed by atoms with E-state index >= 15 is 0 Å². The number of hydrogen-bond donors (Lipinski definition) is 2. The van der Waals surface area contributed by atoms with Crippen LogP contribution in [0.15, 0.2) is 23.1 Å². The number of hydrogen-bond acceptors (Lipinski definition) is 3. The zero-order chi connectivity index (χ0) is 10.1. The van der Waals surface area contributed by atoms with Crippen LogP contribution in [0.2, 0.25) is 0 Å². The summed E-state index contributed by atoms with van der Waals surface area (Å²) in [5, 5.41) is 4.96. The third kappa shape index (κ3) is 2.27. The lowest BCUT2D eigenvalue weighted by Crippen LogP contribution is -2.12. The standard InChI is InChI=1S/C8H12N2O2S/c1-6-4-8(13(10,11)12)3-2-7(6)5-9/h2-4H,5,9H2,1H3,(H2,10,11,12). The highest BCUT2D eigenvalue weighted by atomic mass is 32.2. The largest absolute Gasteiger partial charge is 0.326 e. The molecule has 0 aliphatic carbocycles. The lowest BCUT2D eigenvalue weighted by Gasteiger charge is -2.04. The molecule has 0 aliphatic heterocycles. The van der Waals surface area contributed by atoms with Crippen molar-refractivity contribution in [3.8, 4) is 0 Å². The molecular weight excluding hydrogens is 188 g/mol. The molecule has 0 aliphatic rings. The van der Waals surface area contributed by atoms with Crippen LogP contribution in [0.5, 0.6) is 0 Å². The highest BCUT2D eigenvalue weighted by molar-refractivity contribution is 7.89. The molecule has 0 aromatic heterocycles. The Morgan fingerprint density at radius 3 is 2.38 bits per heavy atom. The van der Waals surface area contributed by atoms with Crippen LogP contribution in [0.4, 0.5) is 0 Å². The molecule has 0 radical (unpaired) electrons. The summed E-state index contributed by atoms with van der Waals surface area (Å²) in [6, 6.07) is 4.66. The Balaban J connectivity index is 3.26. The Bertz CT molecular complexity index is 412. The van der Waals surface area contributed by atoms with Gasteiger partial charge in [-0.15, -0.1) is 0 Å². The molecule has 1 rings (SSSR count). The SMILES string of the molecule is Cc1cc(S(N)(=O)=O)ccc1CN.